The van der Waals surface area contributed by atoms with E-state index in [0.717, 1.165) is 0 Å². The Morgan fingerprint density at radius 1 is 1.33 bits per heavy atom. The predicted molar refractivity (Wildman–Crippen MR) is 75.2 cm³/mol. The fourth-order valence-corrected chi connectivity index (χ4v) is 2.27. The fourth-order valence-electron chi connectivity index (χ4n) is 2.27. The minimum absolute atomic E-state index is 0.00239. The van der Waals surface area contributed by atoms with Crippen molar-refractivity contribution in [2.24, 2.45) is 0 Å². The molecule has 5 nitrogen and oxygen atoms in total. The van der Waals surface area contributed by atoms with E-state index in [2.05, 4.69) is 5.32 Å². The Balaban J connectivity index is 1.66. The lowest BCUT2D eigenvalue weighted by Crippen LogP contribution is -2.31. The van der Waals surface area contributed by atoms with Crippen LogP contribution in [0.5, 0.6) is 0 Å². The Labute approximate surface area is 122 Å². The molecule has 1 heterocycles. The maximum absolute atomic E-state index is 12.7. The Hall–Kier alpha value is -1.95. The van der Waals surface area contributed by atoms with Crippen molar-refractivity contribution in [2.45, 2.75) is 25.4 Å². The van der Waals surface area contributed by atoms with E-state index in [1.165, 1.54) is 24.3 Å². The number of benzene rings is 1. The van der Waals surface area contributed by atoms with Crippen molar-refractivity contribution in [1.82, 2.24) is 10.2 Å². The highest BCUT2D eigenvalue weighted by molar-refractivity contribution is 5.94. The average molecular weight is 294 g/mol. The molecule has 1 aromatic carbocycles. The normalized spacial score (nSPS) is 17.8. The molecule has 1 fully saturated rings. The second kappa shape index (κ2) is 7.17. The van der Waals surface area contributed by atoms with Gasteiger partial charge in [0.15, 0.2) is 0 Å². The maximum Gasteiger partial charge on any atom is 0.251 e. The molecule has 114 valence electrons. The standard InChI is InChI=1S/C15H19FN2O3/c16-12-5-3-11(4-6-12)15(21)17-8-1-2-14(20)18-9-7-13(19)10-18/h3-6,13,19H,1-2,7-10H2,(H,17,21)/t13-/m1/s1. The second-order valence-electron chi connectivity index (χ2n) is 5.15. The van der Waals surface area contributed by atoms with Gasteiger partial charge in [-0.2, -0.15) is 0 Å². The number of nitrogens with one attached hydrogen (secondary N) is 1. The summed E-state index contributed by atoms with van der Waals surface area (Å²) in [6.45, 7) is 1.39. The van der Waals surface area contributed by atoms with Crippen LogP contribution in [0.15, 0.2) is 24.3 Å². The van der Waals surface area contributed by atoms with Gasteiger partial charge in [-0.25, -0.2) is 4.39 Å². The Morgan fingerprint density at radius 2 is 2.05 bits per heavy atom. The van der Waals surface area contributed by atoms with E-state index in [1.807, 2.05) is 0 Å². The first-order valence-electron chi connectivity index (χ1n) is 7.06. The molecule has 0 aromatic heterocycles. The molecule has 0 bridgehead atoms. The largest absolute Gasteiger partial charge is 0.391 e. The van der Waals surface area contributed by atoms with Crippen molar-refractivity contribution < 1.29 is 19.1 Å². The molecule has 2 rings (SSSR count). The number of aliphatic hydroxyl groups is 1. The number of nitrogens with zero attached hydrogens (tertiary/aromatic N) is 1. The van der Waals surface area contributed by atoms with Crippen LogP contribution >= 0.6 is 0 Å². The van der Waals surface area contributed by atoms with E-state index in [0.29, 0.717) is 44.5 Å². The van der Waals surface area contributed by atoms with Crippen molar-refractivity contribution in [2.75, 3.05) is 19.6 Å². The molecule has 2 amide bonds. The molecule has 0 saturated carbocycles. The summed E-state index contributed by atoms with van der Waals surface area (Å²) in [5.74, 6) is -0.661. The topological polar surface area (TPSA) is 69.6 Å². The first-order valence-corrected chi connectivity index (χ1v) is 7.06. The molecule has 1 aliphatic rings. The van der Waals surface area contributed by atoms with Crippen molar-refractivity contribution in [3.63, 3.8) is 0 Å². The van der Waals surface area contributed by atoms with E-state index < -0.39 is 6.10 Å². The van der Waals surface area contributed by atoms with Gasteiger partial charge in [0.05, 0.1) is 6.10 Å². The van der Waals surface area contributed by atoms with Gasteiger partial charge < -0.3 is 15.3 Å². The van der Waals surface area contributed by atoms with Crippen LogP contribution in [-0.2, 0) is 4.79 Å². The Kier molecular flexibility index (Phi) is 5.27. The lowest BCUT2D eigenvalue weighted by molar-refractivity contribution is -0.130. The summed E-state index contributed by atoms with van der Waals surface area (Å²) in [6.07, 6.45) is 1.11. The third kappa shape index (κ3) is 4.53. The number of hydrogen-bond acceptors (Lipinski definition) is 3. The number of carbonyl (C=O) groups excluding carboxylic acids is 2. The highest BCUT2D eigenvalue weighted by Gasteiger charge is 2.23. The van der Waals surface area contributed by atoms with Crippen LogP contribution in [0.4, 0.5) is 4.39 Å². The monoisotopic (exact) mass is 294 g/mol. The summed E-state index contributed by atoms with van der Waals surface area (Å²) in [4.78, 5) is 25.2. The molecular weight excluding hydrogens is 275 g/mol. The minimum atomic E-state index is -0.410. The molecule has 21 heavy (non-hydrogen) atoms. The molecule has 6 heteroatoms. The SMILES string of the molecule is O=C(NCCCC(=O)N1CC[C@@H](O)C1)c1ccc(F)cc1. The lowest BCUT2D eigenvalue weighted by atomic mass is 10.2. The average Bonchev–Trinajstić information content (AvgIpc) is 2.90. The summed E-state index contributed by atoms with van der Waals surface area (Å²) >= 11 is 0. The minimum Gasteiger partial charge on any atom is -0.391 e. The van der Waals surface area contributed by atoms with Gasteiger partial charge in [-0.15, -0.1) is 0 Å². The zero-order chi connectivity index (χ0) is 15.2. The molecule has 1 aromatic rings. The number of aliphatic hydroxyl groups excluding tert-OH is 1. The quantitative estimate of drug-likeness (QED) is 0.794. The number of β-amino-alcohol motifs (C(OH)–C–C–N with tert-alkyl or cyclic N) is 1. The van der Waals surface area contributed by atoms with Crippen molar-refractivity contribution >= 4 is 11.8 Å². The number of likely N-dealkylation sites (tertiary alicyclic amines) is 1. The third-order valence-electron chi connectivity index (χ3n) is 3.48. The van der Waals surface area contributed by atoms with Crippen molar-refractivity contribution in [3.8, 4) is 0 Å². The van der Waals surface area contributed by atoms with Gasteiger partial charge in [0.1, 0.15) is 5.82 Å². The summed E-state index contributed by atoms with van der Waals surface area (Å²) in [5.41, 5.74) is 0.394. The summed E-state index contributed by atoms with van der Waals surface area (Å²) in [7, 11) is 0. The van der Waals surface area contributed by atoms with Crippen LogP contribution < -0.4 is 5.32 Å². The predicted octanol–water partition coefficient (Wildman–Crippen LogP) is 0.929. The van der Waals surface area contributed by atoms with Gasteiger partial charge in [0.2, 0.25) is 5.91 Å². The highest BCUT2D eigenvalue weighted by atomic mass is 19.1. The van der Waals surface area contributed by atoms with E-state index >= 15 is 0 Å². The molecule has 0 unspecified atom stereocenters. The van der Waals surface area contributed by atoms with E-state index in [-0.39, 0.29) is 17.6 Å². The molecule has 1 atom stereocenters. The van der Waals surface area contributed by atoms with Gasteiger partial charge in [-0.1, -0.05) is 0 Å². The molecule has 0 radical (unpaired) electrons. The molecular formula is C15H19FN2O3. The Morgan fingerprint density at radius 3 is 2.67 bits per heavy atom. The number of hydrogen-bond donors (Lipinski definition) is 2. The number of halogens is 1. The molecule has 0 aliphatic carbocycles. The maximum atomic E-state index is 12.7. The third-order valence-corrected chi connectivity index (χ3v) is 3.48. The molecule has 2 N–H and O–H groups in total. The van der Waals surface area contributed by atoms with Crippen LogP contribution in [0, 0.1) is 5.82 Å². The van der Waals surface area contributed by atoms with Gasteiger partial charge in [0, 0.05) is 31.6 Å². The lowest BCUT2D eigenvalue weighted by Gasteiger charge is -2.15. The zero-order valence-corrected chi connectivity index (χ0v) is 11.7. The van der Waals surface area contributed by atoms with Crippen LogP contribution in [0.25, 0.3) is 0 Å². The summed E-state index contributed by atoms with van der Waals surface area (Å²) in [6, 6.07) is 5.30. The number of carbonyl (C=O) groups is 2. The van der Waals surface area contributed by atoms with Crippen LogP contribution in [0.1, 0.15) is 29.6 Å². The summed E-state index contributed by atoms with van der Waals surface area (Å²) in [5, 5.41) is 12.1. The van der Waals surface area contributed by atoms with E-state index in [9.17, 15) is 19.1 Å². The molecule has 0 spiro atoms. The van der Waals surface area contributed by atoms with Gasteiger partial charge >= 0.3 is 0 Å². The Bertz CT molecular complexity index is 504. The van der Waals surface area contributed by atoms with Crippen LogP contribution in [0.3, 0.4) is 0 Å². The van der Waals surface area contributed by atoms with E-state index in [4.69, 9.17) is 0 Å². The number of amides is 2. The first-order chi connectivity index (χ1) is 10.1. The molecule has 1 saturated heterocycles. The second-order valence-corrected chi connectivity index (χ2v) is 5.15. The summed E-state index contributed by atoms with van der Waals surface area (Å²) < 4.78 is 12.7. The molecule has 1 aliphatic heterocycles. The van der Waals surface area contributed by atoms with Crippen LogP contribution in [0.2, 0.25) is 0 Å². The van der Waals surface area contributed by atoms with Crippen LogP contribution in [-0.4, -0.2) is 47.6 Å². The first kappa shape index (κ1) is 15.4. The van der Waals surface area contributed by atoms with Gasteiger partial charge in [-0.05, 0) is 37.1 Å². The van der Waals surface area contributed by atoms with Gasteiger partial charge in [0.25, 0.3) is 5.91 Å². The van der Waals surface area contributed by atoms with Crippen molar-refractivity contribution in [3.05, 3.63) is 35.6 Å². The van der Waals surface area contributed by atoms with E-state index in [1.54, 1.807) is 4.90 Å². The van der Waals surface area contributed by atoms with Crippen molar-refractivity contribution in [1.29, 1.82) is 0 Å². The zero-order valence-electron chi connectivity index (χ0n) is 11.7. The smallest absolute Gasteiger partial charge is 0.251 e. The number of rotatable bonds is 5. The highest BCUT2D eigenvalue weighted by Crippen LogP contribution is 2.10. The fraction of sp³-hybridized carbons (Fsp3) is 0.467. The van der Waals surface area contributed by atoms with Gasteiger partial charge in [-0.3, -0.25) is 9.59 Å².